The summed E-state index contributed by atoms with van der Waals surface area (Å²) in [5, 5.41) is 16.3. The number of carbonyl (C=O) groups is 1. The number of thiazole rings is 1. The van der Waals surface area contributed by atoms with Crippen molar-refractivity contribution in [3.63, 3.8) is 0 Å². The summed E-state index contributed by atoms with van der Waals surface area (Å²) in [6.45, 7) is 0. The number of aromatic amines is 1. The number of aromatic nitrogens is 3. The quantitative estimate of drug-likeness (QED) is 0.626. The van der Waals surface area contributed by atoms with Gasteiger partial charge in [-0.1, -0.05) is 0 Å². The van der Waals surface area contributed by atoms with Crippen LogP contribution in [-0.2, 0) is 0 Å². The fourth-order valence-electron chi connectivity index (χ4n) is 4.60. The van der Waals surface area contributed by atoms with Gasteiger partial charge < -0.3 is 20.9 Å². The average molecular weight is 393 g/mol. The maximum atomic E-state index is 11.9. The zero-order valence-electron chi connectivity index (χ0n) is 15.1. The van der Waals surface area contributed by atoms with E-state index in [2.05, 4.69) is 31.2 Å². The number of piperidine rings is 1. The van der Waals surface area contributed by atoms with Crippen LogP contribution in [-0.4, -0.2) is 39.0 Å². The van der Waals surface area contributed by atoms with Gasteiger partial charge >= 0.3 is 0 Å². The van der Waals surface area contributed by atoms with Crippen molar-refractivity contribution in [1.29, 1.82) is 5.26 Å². The summed E-state index contributed by atoms with van der Waals surface area (Å²) in [5.74, 6) is -0.481. The largest absolute Gasteiger partial charge is 0.381 e. The van der Waals surface area contributed by atoms with E-state index < -0.39 is 5.91 Å². The van der Waals surface area contributed by atoms with Crippen molar-refractivity contribution in [3.05, 3.63) is 35.1 Å². The number of pyridine rings is 1. The second-order valence-corrected chi connectivity index (χ2v) is 8.22. The van der Waals surface area contributed by atoms with E-state index in [-0.39, 0.29) is 6.04 Å². The molecule has 3 aromatic heterocycles. The van der Waals surface area contributed by atoms with Crippen molar-refractivity contribution in [2.45, 2.75) is 43.8 Å². The van der Waals surface area contributed by atoms with Crippen LogP contribution in [0.1, 0.15) is 41.7 Å². The topological polar surface area (TPSA) is 124 Å². The molecule has 2 aliphatic rings. The van der Waals surface area contributed by atoms with Crippen LogP contribution in [0.5, 0.6) is 0 Å². The van der Waals surface area contributed by atoms with Gasteiger partial charge in [0.15, 0.2) is 10.8 Å². The minimum atomic E-state index is -0.481. The fourth-order valence-corrected chi connectivity index (χ4v) is 5.49. The molecule has 2 saturated heterocycles. The van der Waals surface area contributed by atoms with Gasteiger partial charge in [0.2, 0.25) is 0 Å². The molecule has 142 valence electrons. The number of H-pyrrole nitrogens is 1. The van der Waals surface area contributed by atoms with Crippen LogP contribution in [0.15, 0.2) is 23.8 Å². The minimum Gasteiger partial charge on any atom is -0.381 e. The van der Waals surface area contributed by atoms with Crippen LogP contribution in [0, 0.1) is 11.3 Å². The number of nitrogens with zero attached hydrogens (tertiary/aromatic N) is 4. The number of hydrogen-bond donors (Lipinski definition) is 3. The number of fused-ring (bicyclic) bond motifs is 3. The lowest BCUT2D eigenvalue weighted by Gasteiger charge is -2.39. The van der Waals surface area contributed by atoms with Gasteiger partial charge in [-0.15, -0.1) is 11.3 Å². The van der Waals surface area contributed by atoms with E-state index in [4.69, 9.17) is 11.0 Å². The summed E-state index contributed by atoms with van der Waals surface area (Å²) >= 11 is 1.54. The smallest absolute Gasteiger partial charge is 0.252 e. The molecule has 0 spiro atoms. The predicted molar refractivity (Wildman–Crippen MR) is 107 cm³/mol. The molecule has 2 aliphatic heterocycles. The van der Waals surface area contributed by atoms with E-state index in [0.717, 1.165) is 47.5 Å². The summed E-state index contributed by atoms with van der Waals surface area (Å²) in [5.41, 5.74) is 7.99. The highest BCUT2D eigenvalue weighted by Gasteiger charge is 2.42. The zero-order valence-corrected chi connectivity index (χ0v) is 15.9. The lowest BCUT2D eigenvalue weighted by molar-refractivity contribution is 0.100. The molecule has 9 heteroatoms. The number of nitrogens with two attached hydrogens (primary N) is 1. The molecular formula is C19H19N7OS. The molecule has 2 fully saturated rings. The third-order valence-electron chi connectivity index (χ3n) is 5.76. The molecule has 5 rings (SSSR count). The lowest BCUT2D eigenvalue weighted by atomic mass is 9.97. The molecule has 4 N–H and O–H groups in total. The van der Waals surface area contributed by atoms with Crippen LogP contribution in [0.3, 0.4) is 0 Å². The van der Waals surface area contributed by atoms with Gasteiger partial charge in [-0.05, 0) is 31.7 Å². The monoisotopic (exact) mass is 393 g/mol. The second-order valence-electron chi connectivity index (χ2n) is 7.38. The first-order valence-corrected chi connectivity index (χ1v) is 10.2. The van der Waals surface area contributed by atoms with Crippen molar-refractivity contribution in [3.8, 4) is 6.07 Å². The number of anilines is 2. The van der Waals surface area contributed by atoms with E-state index >= 15 is 0 Å². The molecule has 0 saturated carbocycles. The van der Waals surface area contributed by atoms with Crippen LogP contribution >= 0.6 is 11.3 Å². The van der Waals surface area contributed by atoms with Crippen LogP contribution < -0.4 is 16.0 Å². The van der Waals surface area contributed by atoms with Gasteiger partial charge in [-0.3, -0.25) is 4.79 Å². The number of nitriles is 1. The molecular weight excluding hydrogens is 374 g/mol. The number of hydrogen-bond acceptors (Lipinski definition) is 7. The Bertz CT molecular complexity index is 1080. The highest BCUT2D eigenvalue weighted by molar-refractivity contribution is 7.13. The first kappa shape index (κ1) is 17.0. The van der Waals surface area contributed by atoms with Crippen LogP contribution in [0.2, 0.25) is 0 Å². The number of amides is 1. The lowest BCUT2D eigenvalue weighted by Crippen LogP contribution is -2.47. The van der Waals surface area contributed by atoms with Crippen LogP contribution in [0.25, 0.3) is 11.0 Å². The molecule has 8 nitrogen and oxygen atoms in total. The number of primary amides is 1. The maximum Gasteiger partial charge on any atom is 0.252 e. The predicted octanol–water partition coefficient (Wildman–Crippen LogP) is 2.60. The molecule has 3 atom stereocenters. The van der Waals surface area contributed by atoms with Gasteiger partial charge in [0.1, 0.15) is 11.7 Å². The SMILES string of the molecule is N#Cc1csc(N2[C@@H]3CC[C@H]2CC(Nc2c(C(N)=O)cnc4[nH]ccc24)C3)n1. The van der Waals surface area contributed by atoms with E-state index in [1.165, 1.54) is 6.20 Å². The highest BCUT2D eigenvalue weighted by atomic mass is 32.1. The van der Waals surface area contributed by atoms with Crippen molar-refractivity contribution in [1.82, 2.24) is 15.0 Å². The van der Waals surface area contributed by atoms with Gasteiger partial charge in [0.05, 0.1) is 11.3 Å². The Hall–Kier alpha value is -3.12. The molecule has 0 aromatic carbocycles. The second kappa shape index (κ2) is 6.49. The standard InChI is InChI=1S/C19H19N7OS/c20-7-11-9-28-19(25-11)26-12-1-2-13(26)6-10(5-12)24-16-14-3-4-22-18(14)23-8-15(16)17(21)27/h3-4,8-10,12-13H,1-2,5-6H2,(H2,21,27)(H2,22,23,24)/t10?,12-,13+. The summed E-state index contributed by atoms with van der Waals surface area (Å²) < 4.78 is 0. The summed E-state index contributed by atoms with van der Waals surface area (Å²) in [6.07, 6.45) is 7.47. The van der Waals surface area contributed by atoms with Crippen molar-refractivity contribution >= 4 is 39.1 Å². The number of nitrogens with one attached hydrogen (secondary N) is 2. The van der Waals surface area contributed by atoms with Crippen molar-refractivity contribution in [2.24, 2.45) is 5.73 Å². The molecule has 1 amide bonds. The molecule has 1 unspecified atom stereocenters. The number of carbonyl (C=O) groups excluding carboxylic acids is 1. The first-order chi connectivity index (χ1) is 13.6. The Morgan fingerprint density at radius 1 is 1.39 bits per heavy atom. The molecule has 0 aliphatic carbocycles. The van der Waals surface area contributed by atoms with Gasteiger partial charge in [-0.25, -0.2) is 9.97 Å². The third kappa shape index (κ3) is 2.68. The fraction of sp³-hybridized carbons (Fsp3) is 0.368. The molecule has 2 bridgehead atoms. The van der Waals surface area contributed by atoms with Crippen LogP contribution in [0.4, 0.5) is 10.8 Å². The Kier molecular flexibility index (Phi) is 3.94. The summed E-state index contributed by atoms with van der Waals surface area (Å²) in [6, 6.07) is 5.04. The highest BCUT2D eigenvalue weighted by Crippen LogP contribution is 2.41. The molecule has 5 heterocycles. The van der Waals surface area contributed by atoms with Gasteiger partial charge in [-0.2, -0.15) is 5.26 Å². The molecule has 28 heavy (non-hydrogen) atoms. The van der Waals surface area contributed by atoms with Gasteiger partial charge in [0.25, 0.3) is 5.91 Å². The molecule has 3 aromatic rings. The Balaban J connectivity index is 1.41. The Labute approximate surface area is 165 Å². The Morgan fingerprint density at radius 2 is 2.18 bits per heavy atom. The van der Waals surface area contributed by atoms with E-state index in [1.807, 2.05) is 17.6 Å². The van der Waals surface area contributed by atoms with Crippen molar-refractivity contribution in [2.75, 3.05) is 10.2 Å². The van der Waals surface area contributed by atoms with Gasteiger partial charge in [0, 0.05) is 41.3 Å². The zero-order chi connectivity index (χ0) is 19.3. The summed E-state index contributed by atoms with van der Waals surface area (Å²) in [4.78, 5) is 26.1. The maximum absolute atomic E-state index is 11.9. The minimum absolute atomic E-state index is 0.239. The van der Waals surface area contributed by atoms with E-state index in [0.29, 0.717) is 23.3 Å². The normalized spacial score (nSPS) is 23.7. The Morgan fingerprint density at radius 3 is 2.86 bits per heavy atom. The average Bonchev–Trinajstić information content (AvgIpc) is 3.39. The third-order valence-corrected chi connectivity index (χ3v) is 6.62. The molecule has 0 radical (unpaired) electrons. The summed E-state index contributed by atoms with van der Waals surface area (Å²) in [7, 11) is 0. The number of rotatable bonds is 4. The van der Waals surface area contributed by atoms with E-state index in [9.17, 15) is 4.79 Å². The first-order valence-electron chi connectivity index (χ1n) is 9.30. The van der Waals surface area contributed by atoms with E-state index in [1.54, 1.807) is 11.3 Å². The van der Waals surface area contributed by atoms with Crippen molar-refractivity contribution < 1.29 is 4.79 Å².